The molecule has 1 aromatic rings. The Bertz CT molecular complexity index is 397. The second-order valence-electron chi connectivity index (χ2n) is 3.82. The maximum Gasteiger partial charge on any atom is 0.416 e. The minimum absolute atomic E-state index is 0.00148. The van der Waals surface area contributed by atoms with Crippen molar-refractivity contribution in [3.63, 3.8) is 0 Å². The van der Waals surface area contributed by atoms with Gasteiger partial charge in [0.1, 0.15) is 6.61 Å². The highest BCUT2D eigenvalue weighted by Crippen LogP contribution is 2.34. The third-order valence-corrected chi connectivity index (χ3v) is 2.37. The fourth-order valence-corrected chi connectivity index (χ4v) is 1.50. The Labute approximate surface area is 106 Å². The van der Waals surface area contributed by atoms with Crippen LogP contribution < -0.4 is 5.73 Å². The van der Waals surface area contributed by atoms with E-state index in [2.05, 4.69) is 9.72 Å². The number of nitrogens with zero attached hydrogens (tertiary/aromatic N) is 1. The van der Waals surface area contributed by atoms with Crippen molar-refractivity contribution in [3.05, 3.63) is 29.6 Å². The van der Waals surface area contributed by atoms with Gasteiger partial charge in [-0.05, 0) is 18.1 Å². The molecule has 0 aliphatic carbocycles. The Balaban J connectivity index is 2.64. The zero-order valence-corrected chi connectivity index (χ0v) is 9.83. The fourth-order valence-electron chi connectivity index (χ4n) is 1.50. The molecule has 0 amide bonds. The third kappa shape index (κ3) is 5.07. The lowest BCUT2D eigenvalue weighted by Gasteiger charge is -2.17. The zero-order valence-electron chi connectivity index (χ0n) is 9.83. The van der Waals surface area contributed by atoms with Crippen LogP contribution in [0.1, 0.15) is 23.6 Å². The number of nitrogens with two attached hydrogens (primary N) is 1. The topological polar surface area (TPSA) is 48.1 Å². The van der Waals surface area contributed by atoms with E-state index in [1.165, 1.54) is 0 Å². The number of rotatable bonds is 6. The van der Waals surface area contributed by atoms with Gasteiger partial charge in [0.25, 0.3) is 6.43 Å². The van der Waals surface area contributed by atoms with Crippen LogP contribution in [0.25, 0.3) is 0 Å². The van der Waals surface area contributed by atoms with Crippen LogP contribution in [0.15, 0.2) is 18.5 Å². The van der Waals surface area contributed by atoms with Gasteiger partial charge in [0.2, 0.25) is 0 Å². The molecule has 0 radical (unpaired) electrons. The number of ether oxygens (including phenoxy) is 1. The van der Waals surface area contributed by atoms with Crippen LogP contribution in [0.5, 0.6) is 0 Å². The number of alkyl halides is 5. The van der Waals surface area contributed by atoms with E-state index >= 15 is 0 Å². The number of pyridine rings is 1. The molecule has 1 atom stereocenters. The maximum absolute atomic E-state index is 12.7. The van der Waals surface area contributed by atoms with Crippen LogP contribution in [0.2, 0.25) is 0 Å². The summed E-state index contributed by atoms with van der Waals surface area (Å²) in [5.41, 5.74) is 4.56. The van der Waals surface area contributed by atoms with E-state index in [0.29, 0.717) is 0 Å². The first-order valence-corrected chi connectivity index (χ1v) is 5.45. The highest BCUT2D eigenvalue weighted by molar-refractivity contribution is 5.28. The summed E-state index contributed by atoms with van der Waals surface area (Å²) in [7, 11) is 0. The molecule has 0 bridgehead atoms. The Hall–Kier alpha value is -1.28. The minimum Gasteiger partial charge on any atom is -0.375 e. The molecule has 0 fully saturated rings. The minimum atomic E-state index is -4.53. The molecule has 2 N–H and O–H groups in total. The van der Waals surface area contributed by atoms with E-state index in [0.717, 1.165) is 18.5 Å². The van der Waals surface area contributed by atoms with Crippen molar-refractivity contribution < 1.29 is 26.7 Å². The highest BCUT2D eigenvalue weighted by atomic mass is 19.4. The monoisotopic (exact) mass is 284 g/mol. The predicted molar refractivity (Wildman–Crippen MR) is 57.6 cm³/mol. The SMILES string of the molecule is NC(CCOCC(F)F)c1cnccc1C(F)(F)F. The van der Waals surface area contributed by atoms with Crippen molar-refractivity contribution in [1.29, 1.82) is 0 Å². The lowest BCUT2D eigenvalue weighted by Crippen LogP contribution is -2.19. The molecule has 108 valence electrons. The summed E-state index contributed by atoms with van der Waals surface area (Å²) in [6.45, 7) is -0.899. The van der Waals surface area contributed by atoms with Crippen LogP contribution in [0, 0.1) is 0 Å². The first kappa shape index (κ1) is 15.8. The Morgan fingerprint density at radius 1 is 1.32 bits per heavy atom. The molecule has 0 aromatic carbocycles. The van der Waals surface area contributed by atoms with Crippen LogP contribution in [-0.2, 0) is 10.9 Å². The Kier molecular flexibility index (Phi) is 5.61. The molecule has 0 aliphatic heterocycles. The van der Waals surface area contributed by atoms with Gasteiger partial charge < -0.3 is 10.5 Å². The van der Waals surface area contributed by atoms with E-state index in [-0.39, 0.29) is 18.6 Å². The van der Waals surface area contributed by atoms with Crippen molar-refractivity contribution in [2.24, 2.45) is 5.73 Å². The van der Waals surface area contributed by atoms with Gasteiger partial charge in [0.15, 0.2) is 0 Å². The second kappa shape index (κ2) is 6.76. The molecule has 0 saturated carbocycles. The Morgan fingerprint density at radius 3 is 2.58 bits per heavy atom. The van der Waals surface area contributed by atoms with E-state index in [1.807, 2.05) is 0 Å². The normalized spacial score (nSPS) is 13.8. The van der Waals surface area contributed by atoms with Crippen LogP contribution in [-0.4, -0.2) is 24.6 Å². The van der Waals surface area contributed by atoms with Crippen molar-refractivity contribution in [3.8, 4) is 0 Å². The maximum atomic E-state index is 12.7. The lowest BCUT2D eigenvalue weighted by atomic mass is 10.0. The summed E-state index contributed by atoms with van der Waals surface area (Å²) < 4.78 is 66.2. The largest absolute Gasteiger partial charge is 0.416 e. The summed E-state index contributed by atoms with van der Waals surface area (Å²) >= 11 is 0. The summed E-state index contributed by atoms with van der Waals surface area (Å²) in [5, 5.41) is 0. The summed E-state index contributed by atoms with van der Waals surface area (Å²) in [6, 6.07) is -0.141. The van der Waals surface area contributed by atoms with E-state index in [1.54, 1.807) is 0 Å². The first-order chi connectivity index (χ1) is 8.82. The van der Waals surface area contributed by atoms with Crippen molar-refractivity contribution in [1.82, 2.24) is 4.98 Å². The van der Waals surface area contributed by atoms with Gasteiger partial charge in [-0.25, -0.2) is 8.78 Å². The molecule has 1 aromatic heterocycles. The first-order valence-electron chi connectivity index (χ1n) is 5.45. The van der Waals surface area contributed by atoms with Gasteiger partial charge in [-0.3, -0.25) is 4.98 Å². The standard InChI is InChI=1S/C11H13F5N2O/c12-10(13)6-19-4-2-9(17)7-5-18-3-1-8(7)11(14,15)16/h1,3,5,9-10H,2,4,6,17H2. The van der Waals surface area contributed by atoms with Gasteiger partial charge in [0, 0.05) is 25.0 Å². The molecule has 0 aliphatic rings. The molecule has 19 heavy (non-hydrogen) atoms. The van der Waals surface area contributed by atoms with Crippen molar-refractivity contribution in [2.45, 2.75) is 25.1 Å². The molecule has 1 unspecified atom stereocenters. The quantitative estimate of drug-likeness (QED) is 0.645. The van der Waals surface area contributed by atoms with E-state index < -0.39 is 30.8 Å². The number of hydrogen-bond acceptors (Lipinski definition) is 3. The number of halogens is 5. The van der Waals surface area contributed by atoms with Gasteiger partial charge in [-0.15, -0.1) is 0 Å². The lowest BCUT2D eigenvalue weighted by molar-refractivity contribution is -0.138. The molecule has 1 heterocycles. The molecule has 0 spiro atoms. The number of aromatic nitrogens is 1. The van der Waals surface area contributed by atoms with Crippen molar-refractivity contribution in [2.75, 3.05) is 13.2 Å². The smallest absolute Gasteiger partial charge is 0.375 e. The third-order valence-electron chi connectivity index (χ3n) is 2.37. The average Bonchev–Trinajstić information content (AvgIpc) is 2.33. The van der Waals surface area contributed by atoms with Gasteiger partial charge in [-0.1, -0.05) is 0 Å². The van der Waals surface area contributed by atoms with Crippen LogP contribution in [0.3, 0.4) is 0 Å². The number of hydrogen-bond donors (Lipinski definition) is 1. The second-order valence-corrected chi connectivity index (χ2v) is 3.82. The van der Waals surface area contributed by atoms with Gasteiger partial charge in [0.05, 0.1) is 5.56 Å². The van der Waals surface area contributed by atoms with Crippen LogP contribution >= 0.6 is 0 Å². The molecule has 0 saturated heterocycles. The van der Waals surface area contributed by atoms with E-state index in [4.69, 9.17) is 5.73 Å². The molecule has 3 nitrogen and oxygen atoms in total. The van der Waals surface area contributed by atoms with Gasteiger partial charge in [-0.2, -0.15) is 13.2 Å². The predicted octanol–water partition coefficient (Wildman–Crippen LogP) is 2.77. The summed E-state index contributed by atoms with van der Waals surface area (Å²) in [6.07, 6.45) is -5.09. The average molecular weight is 284 g/mol. The van der Waals surface area contributed by atoms with Gasteiger partial charge >= 0.3 is 6.18 Å². The Morgan fingerprint density at radius 2 is 2.00 bits per heavy atom. The fraction of sp³-hybridized carbons (Fsp3) is 0.545. The highest BCUT2D eigenvalue weighted by Gasteiger charge is 2.34. The molecule has 8 heteroatoms. The molecular formula is C11H13F5N2O. The zero-order chi connectivity index (χ0) is 14.5. The van der Waals surface area contributed by atoms with E-state index in [9.17, 15) is 22.0 Å². The summed E-state index contributed by atoms with van der Waals surface area (Å²) in [4.78, 5) is 3.60. The molecular weight excluding hydrogens is 271 g/mol. The summed E-state index contributed by atoms with van der Waals surface area (Å²) in [5.74, 6) is 0. The van der Waals surface area contributed by atoms with Crippen LogP contribution in [0.4, 0.5) is 22.0 Å². The molecule has 1 rings (SSSR count). The van der Waals surface area contributed by atoms with Crippen molar-refractivity contribution >= 4 is 0 Å².